The van der Waals surface area contributed by atoms with E-state index in [9.17, 15) is 0 Å². The Morgan fingerprint density at radius 3 is 3.19 bits per heavy atom. The van der Waals surface area contributed by atoms with Gasteiger partial charge in [-0.25, -0.2) is 0 Å². The monoisotopic (exact) mass is 223 g/mol. The van der Waals surface area contributed by atoms with Gasteiger partial charge in [-0.3, -0.25) is 4.68 Å². The smallest absolute Gasteiger partial charge is 0.0884 e. The molecule has 1 saturated heterocycles. The average Bonchev–Trinajstić information content (AvgIpc) is 2.88. The van der Waals surface area contributed by atoms with Crippen molar-refractivity contribution in [3.8, 4) is 0 Å². The molecule has 0 spiro atoms. The Bertz CT molecular complexity index is 329. The lowest BCUT2D eigenvalue weighted by Crippen LogP contribution is -2.14. The molecule has 90 valence electrons. The summed E-state index contributed by atoms with van der Waals surface area (Å²) in [6.45, 7) is 8.84. The molecule has 1 N–H and O–H groups in total. The van der Waals surface area contributed by atoms with E-state index in [1.165, 1.54) is 12.1 Å². The van der Waals surface area contributed by atoms with E-state index < -0.39 is 0 Å². The van der Waals surface area contributed by atoms with Crippen LogP contribution in [0.5, 0.6) is 0 Å². The van der Waals surface area contributed by atoms with Crippen LogP contribution in [0.1, 0.15) is 24.7 Å². The lowest BCUT2D eigenvalue weighted by molar-refractivity contribution is 0.0876. The summed E-state index contributed by atoms with van der Waals surface area (Å²) in [7, 11) is 0. The van der Waals surface area contributed by atoms with E-state index in [1.807, 2.05) is 11.6 Å². The first-order chi connectivity index (χ1) is 7.79. The Kier molecular flexibility index (Phi) is 3.96. The number of aryl methyl sites for hydroxylation is 2. The van der Waals surface area contributed by atoms with E-state index in [-0.39, 0.29) is 0 Å². The number of rotatable bonds is 5. The fourth-order valence-electron chi connectivity index (χ4n) is 2.18. The molecule has 4 nitrogen and oxygen atoms in total. The van der Waals surface area contributed by atoms with E-state index in [2.05, 4.69) is 23.4 Å². The zero-order chi connectivity index (χ0) is 11.4. The first kappa shape index (κ1) is 11.6. The molecule has 16 heavy (non-hydrogen) atoms. The van der Waals surface area contributed by atoms with Gasteiger partial charge in [0.05, 0.1) is 24.6 Å². The molecule has 1 unspecified atom stereocenters. The van der Waals surface area contributed by atoms with E-state index in [4.69, 9.17) is 4.74 Å². The van der Waals surface area contributed by atoms with Gasteiger partial charge in [0.25, 0.3) is 0 Å². The molecule has 2 rings (SSSR count). The highest BCUT2D eigenvalue weighted by Crippen LogP contribution is 2.10. The SMILES string of the molecule is CCn1nc(C)cc1COCC1CCNC1. The van der Waals surface area contributed by atoms with E-state index in [0.29, 0.717) is 12.5 Å². The molecule has 1 aliphatic rings. The van der Waals surface area contributed by atoms with Gasteiger partial charge in [0.2, 0.25) is 0 Å². The lowest BCUT2D eigenvalue weighted by Gasteiger charge is -2.09. The van der Waals surface area contributed by atoms with Crippen LogP contribution in [0.15, 0.2) is 6.07 Å². The number of ether oxygens (including phenoxy) is 1. The van der Waals surface area contributed by atoms with Crippen LogP contribution in [0.25, 0.3) is 0 Å². The minimum atomic E-state index is 0.686. The van der Waals surface area contributed by atoms with Gasteiger partial charge in [0.15, 0.2) is 0 Å². The molecule has 2 heterocycles. The zero-order valence-corrected chi connectivity index (χ0v) is 10.2. The van der Waals surface area contributed by atoms with Gasteiger partial charge in [-0.2, -0.15) is 5.10 Å². The molecule has 1 fully saturated rings. The van der Waals surface area contributed by atoms with E-state index in [0.717, 1.165) is 31.9 Å². The third-order valence-corrected chi connectivity index (χ3v) is 3.05. The fourth-order valence-corrected chi connectivity index (χ4v) is 2.18. The average molecular weight is 223 g/mol. The Hall–Kier alpha value is -0.870. The third-order valence-electron chi connectivity index (χ3n) is 3.05. The van der Waals surface area contributed by atoms with Gasteiger partial charge in [-0.1, -0.05) is 0 Å². The first-order valence-electron chi connectivity index (χ1n) is 6.11. The normalized spacial score (nSPS) is 20.5. The Morgan fingerprint density at radius 2 is 2.50 bits per heavy atom. The molecule has 0 amide bonds. The molecule has 1 aromatic rings. The van der Waals surface area contributed by atoms with Crippen LogP contribution >= 0.6 is 0 Å². The summed E-state index contributed by atoms with van der Waals surface area (Å²) >= 11 is 0. The third kappa shape index (κ3) is 2.83. The van der Waals surface area contributed by atoms with E-state index in [1.54, 1.807) is 0 Å². The van der Waals surface area contributed by atoms with Crippen LogP contribution in [0.4, 0.5) is 0 Å². The Labute approximate surface area is 97.0 Å². The van der Waals surface area contributed by atoms with Crippen molar-refractivity contribution in [3.63, 3.8) is 0 Å². The van der Waals surface area contributed by atoms with Crippen molar-refractivity contribution in [3.05, 3.63) is 17.5 Å². The predicted molar refractivity (Wildman–Crippen MR) is 63.3 cm³/mol. The standard InChI is InChI=1S/C12H21N3O/c1-3-15-12(6-10(2)14-15)9-16-8-11-4-5-13-7-11/h6,11,13H,3-5,7-9H2,1-2H3. The molecule has 1 atom stereocenters. The quantitative estimate of drug-likeness (QED) is 0.818. The first-order valence-corrected chi connectivity index (χ1v) is 6.11. The molecule has 0 saturated carbocycles. The maximum absolute atomic E-state index is 5.76. The van der Waals surface area contributed by atoms with Crippen molar-refractivity contribution < 1.29 is 4.74 Å². The maximum Gasteiger partial charge on any atom is 0.0884 e. The number of hydrogen-bond acceptors (Lipinski definition) is 3. The van der Waals surface area contributed by atoms with Crippen LogP contribution < -0.4 is 5.32 Å². The summed E-state index contributed by atoms with van der Waals surface area (Å²) in [5, 5.41) is 7.75. The van der Waals surface area contributed by atoms with Crippen LogP contribution in [0.3, 0.4) is 0 Å². The maximum atomic E-state index is 5.76. The number of hydrogen-bond donors (Lipinski definition) is 1. The second-order valence-electron chi connectivity index (χ2n) is 4.47. The van der Waals surface area contributed by atoms with Crippen LogP contribution in [0, 0.1) is 12.8 Å². The summed E-state index contributed by atoms with van der Waals surface area (Å²) < 4.78 is 7.77. The van der Waals surface area contributed by atoms with Gasteiger partial charge < -0.3 is 10.1 Å². The highest BCUT2D eigenvalue weighted by molar-refractivity contribution is 5.07. The predicted octanol–water partition coefficient (Wildman–Crippen LogP) is 1.34. The Balaban J connectivity index is 1.79. The van der Waals surface area contributed by atoms with Gasteiger partial charge in [-0.15, -0.1) is 0 Å². The molecule has 0 radical (unpaired) electrons. The van der Waals surface area contributed by atoms with E-state index >= 15 is 0 Å². The number of aromatic nitrogens is 2. The second-order valence-corrected chi connectivity index (χ2v) is 4.47. The highest BCUT2D eigenvalue weighted by Gasteiger charge is 2.14. The van der Waals surface area contributed by atoms with Gasteiger partial charge in [0, 0.05) is 13.1 Å². The topological polar surface area (TPSA) is 39.1 Å². The molecular weight excluding hydrogens is 202 g/mol. The highest BCUT2D eigenvalue weighted by atomic mass is 16.5. The molecule has 0 aromatic carbocycles. The summed E-state index contributed by atoms with van der Waals surface area (Å²) in [5.74, 6) is 0.694. The van der Waals surface area contributed by atoms with Crippen molar-refractivity contribution in [2.75, 3.05) is 19.7 Å². The molecule has 1 aliphatic heterocycles. The minimum absolute atomic E-state index is 0.686. The largest absolute Gasteiger partial charge is 0.375 e. The zero-order valence-electron chi connectivity index (χ0n) is 10.2. The summed E-state index contributed by atoms with van der Waals surface area (Å²) in [5.41, 5.74) is 2.26. The van der Waals surface area contributed by atoms with Gasteiger partial charge in [-0.05, 0) is 38.8 Å². The van der Waals surface area contributed by atoms with Crippen molar-refractivity contribution >= 4 is 0 Å². The number of nitrogens with zero attached hydrogens (tertiary/aromatic N) is 2. The second kappa shape index (κ2) is 5.46. The molecular formula is C12H21N3O. The molecule has 0 bridgehead atoms. The van der Waals surface area contributed by atoms with Crippen molar-refractivity contribution in [1.82, 2.24) is 15.1 Å². The van der Waals surface area contributed by atoms with Crippen molar-refractivity contribution in [2.24, 2.45) is 5.92 Å². The summed E-state index contributed by atoms with van der Waals surface area (Å²) in [4.78, 5) is 0. The molecule has 1 aromatic heterocycles. The number of nitrogens with one attached hydrogen (secondary N) is 1. The van der Waals surface area contributed by atoms with Crippen LogP contribution in [-0.4, -0.2) is 29.5 Å². The summed E-state index contributed by atoms with van der Waals surface area (Å²) in [6.07, 6.45) is 1.24. The lowest BCUT2D eigenvalue weighted by atomic mass is 10.1. The Morgan fingerprint density at radius 1 is 1.62 bits per heavy atom. The molecule has 4 heteroatoms. The summed E-state index contributed by atoms with van der Waals surface area (Å²) in [6, 6.07) is 2.11. The van der Waals surface area contributed by atoms with Crippen LogP contribution in [0.2, 0.25) is 0 Å². The minimum Gasteiger partial charge on any atom is -0.375 e. The fraction of sp³-hybridized carbons (Fsp3) is 0.750. The van der Waals surface area contributed by atoms with Crippen molar-refractivity contribution in [2.45, 2.75) is 33.4 Å². The van der Waals surface area contributed by atoms with Gasteiger partial charge >= 0.3 is 0 Å². The molecule has 0 aliphatic carbocycles. The van der Waals surface area contributed by atoms with Gasteiger partial charge in [0.1, 0.15) is 0 Å². The van der Waals surface area contributed by atoms with Crippen LogP contribution in [-0.2, 0) is 17.9 Å². The van der Waals surface area contributed by atoms with Crippen molar-refractivity contribution in [1.29, 1.82) is 0 Å².